The van der Waals surface area contributed by atoms with Crippen molar-refractivity contribution in [3.8, 4) is 22.4 Å². The van der Waals surface area contributed by atoms with E-state index in [0.717, 1.165) is 12.1 Å². The molecule has 5 rings (SSSR count). The van der Waals surface area contributed by atoms with Crippen LogP contribution in [0.25, 0.3) is 22.4 Å². The number of hydrogen-bond acceptors (Lipinski definition) is 8. The molecule has 1 aliphatic heterocycles. The van der Waals surface area contributed by atoms with Gasteiger partial charge in [0, 0.05) is 61.1 Å². The highest BCUT2D eigenvalue weighted by Gasteiger charge is 2.38. The van der Waals surface area contributed by atoms with Crippen molar-refractivity contribution in [1.29, 1.82) is 0 Å². The number of anilines is 3. The summed E-state index contributed by atoms with van der Waals surface area (Å²) in [6, 6.07) is 12.8. The van der Waals surface area contributed by atoms with Crippen LogP contribution in [-0.4, -0.2) is 54.9 Å². The van der Waals surface area contributed by atoms with Gasteiger partial charge in [-0.3, -0.25) is 4.21 Å². The van der Waals surface area contributed by atoms with E-state index in [1.165, 1.54) is 24.3 Å². The average molecular weight is 559 g/mol. The van der Waals surface area contributed by atoms with E-state index in [1.54, 1.807) is 35.5 Å². The van der Waals surface area contributed by atoms with Crippen LogP contribution in [0.15, 0.2) is 67.0 Å². The molecular weight excluding hydrogens is 538 g/mol. The third kappa shape index (κ3) is 5.96. The summed E-state index contributed by atoms with van der Waals surface area (Å²) in [5.74, 6) is -1.38. The molecule has 0 spiro atoms. The highest BCUT2D eigenvalue weighted by atomic mass is 32.2. The second-order valence-electron chi connectivity index (χ2n) is 8.54. The van der Waals surface area contributed by atoms with Gasteiger partial charge in [-0.1, -0.05) is 12.1 Å². The molecule has 9 nitrogen and oxygen atoms in total. The molecule has 39 heavy (non-hydrogen) atoms. The SMILES string of the molecule is O=S([O-])Nc1cccc(-c2c(-c3ccc(F)cc3)nc(C(F)(F)F)nc2N2CCN(c3ncccn3)CC2)c1. The number of nitrogens with zero attached hydrogens (tertiary/aromatic N) is 6. The van der Waals surface area contributed by atoms with Crippen LogP contribution in [0.4, 0.5) is 35.0 Å². The van der Waals surface area contributed by atoms with Gasteiger partial charge in [-0.2, -0.15) is 13.2 Å². The number of alkyl halides is 3. The third-order valence-electron chi connectivity index (χ3n) is 6.03. The number of aromatic nitrogens is 4. The third-order valence-corrected chi connectivity index (χ3v) is 6.43. The smallest absolute Gasteiger partial charge is 0.451 e. The molecule has 3 heterocycles. The summed E-state index contributed by atoms with van der Waals surface area (Å²) in [6.45, 7) is 1.42. The molecular formula is C25H20F4N7O2S-. The predicted molar refractivity (Wildman–Crippen MR) is 137 cm³/mol. The molecule has 1 saturated heterocycles. The van der Waals surface area contributed by atoms with E-state index in [4.69, 9.17) is 0 Å². The molecule has 2 aromatic carbocycles. The molecule has 4 aromatic rings. The molecule has 0 bridgehead atoms. The topological polar surface area (TPSA) is 110 Å². The van der Waals surface area contributed by atoms with Gasteiger partial charge in [0.05, 0.1) is 11.3 Å². The maximum absolute atomic E-state index is 14.0. The molecule has 0 radical (unpaired) electrons. The second-order valence-corrected chi connectivity index (χ2v) is 9.21. The summed E-state index contributed by atoms with van der Waals surface area (Å²) in [5, 5.41) is 0. The van der Waals surface area contributed by atoms with Crippen molar-refractivity contribution in [2.75, 3.05) is 40.7 Å². The van der Waals surface area contributed by atoms with Crippen molar-refractivity contribution in [3.05, 3.63) is 78.6 Å². The Morgan fingerprint density at radius 3 is 2.18 bits per heavy atom. The minimum atomic E-state index is -4.86. The van der Waals surface area contributed by atoms with Gasteiger partial charge in [0.2, 0.25) is 11.8 Å². The van der Waals surface area contributed by atoms with E-state index >= 15 is 0 Å². The van der Waals surface area contributed by atoms with Crippen molar-refractivity contribution in [1.82, 2.24) is 19.9 Å². The van der Waals surface area contributed by atoms with Gasteiger partial charge in [-0.05, 0) is 48.0 Å². The first kappa shape index (κ1) is 26.4. The highest BCUT2D eigenvalue weighted by Crippen LogP contribution is 2.41. The number of piperazine rings is 1. The number of halogens is 4. The zero-order valence-electron chi connectivity index (χ0n) is 20.1. The molecule has 1 N–H and O–H groups in total. The van der Waals surface area contributed by atoms with Crippen molar-refractivity contribution >= 4 is 28.7 Å². The minimum Gasteiger partial charge on any atom is -0.755 e. The quantitative estimate of drug-likeness (QED) is 0.276. The van der Waals surface area contributed by atoms with Gasteiger partial charge in [-0.15, -0.1) is 0 Å². The Morgan fingerprint density at radius 2 is 1.54 bits per heavy atom. The number of hydrogen-bond donors (Lipinski definition) is 1. The normalized spacial score (nSPS) is 14.8. The van der Waals surface area contributed by atoms with Gasteiger partial charge in [0.25, 0.3) is 0 Å². The first-order valence-electron chi connectivity index (χ1n) is 11.7. The number of rotatable bonds is 6. The zero-order chi connectivity index (χ0) is 27.6. The van der Waals surface area contributed by atoms with E-state index in [1.807, 2.05) is 4.90 Å². The van der Waals surface area contributed by atoms with E-state index < -0.39 is 29.1 Å². The monoisotopic (exact) mass is 558 g/mol. The van der Waals surface area contributed by atoms with Crippen molar-refractivity contribution in [2.24, 2.45) is 0 Å². The highest BCUT2D eigenvalue weighted by molar-refractivity contribution is 7.80. The summed E-state index contributed by atoms with van der Waals surface area (Å²) < 4.78 is 80.5. The Labute approximate surface area is 223 Å². The lowest BCUT2D eigenvalue weighted by Crippen LogP contribution is -2.47. The lowest BCUT2D eigenvalue weighted by molar-refractivity contribution is -0.144. The fourth-order valence-electron chi connectivity index (χ4n) is 4.29. The first-order valence-corrected chi connectivity index (χ1v) is 12.7. The lowest BCUT2D eigenvalue weighted by atomic mass is 9.98. The summed E-state index contributed by atoms with van der Waals surface area (Å²) in [6.07, 6.45) is -1.64. The Hall–Kier alpha value is -4.17. The van der Waals surface area contributed by atoms with E-state index in [0.29, 0.717) is 37.7 Å². The van der Waals surface area contributed by atoms with Crippen LogP contribution in [0.3, 0.4) is 0 Å². The fraction of sp³-hybridized carbons (Fsp3) is 0.200. The molecule has 0 saturated carbocycles. The van der Waals surface area contributed by atoms with Gasteiger partial charge >= 0.3 is 6.18 Å². The van der Waals surface area contributed by atoms with E-state index in [2.05, 4.69) is 24.7 Å². The Morgan fingerprint density at radius 1 is 0.872 bits per heavy atom. The fourth-order valence-corrected chi connectivity index (χ4v) is 4.61. The summed E-state index contributed by atoms with van der Waals surface area (Å²) in [4.78, 5) is 19.9. The van der Waals surface area contributed by atoms with Crippen molar-refractivity contribution in [3.63, 3.8) is 0 Å². The average Bonchev–Trinajstić information content (AvgIpc) is 2.93. The van der Waals surface area contributed by atoms with Crippen molar-refractivity contribution < 1.29 is 26.3 Å². The molecule has 1 unspecified atom stereocenters. The van der Waals surface area contributed by atoms with Gasteiger partial charge < -0.3 is 19.1 Å². The molecule has 2 aromatic heterocycles. The summed E-state index contributed by atoms with van der Waals surface area (Å²) in [7, 11) is 0. The van der Waals surface area contributed by atoms with Crippen LogP contribution in [0.5, 0.6) is 0 Å². The molecule has 14 heteroatoms. The molecule has 1 atom stereocenters. The molecule has 1 aliphatic rings. The summed E-state index contributed by atoms with van der Waals surface area (Å²) >= 11 is -2.62. The second kappa shape index (κ2) is 10.9. The van der Waals surface area contributed by atoms with Crippen LogP contribution in [0.2, 0.25) is 0 Å². The van der Waals surface area contributed by atoms with Crippen LogP contribution in [0.1, 0.15) is 5.82 Å². The molecule has 202 valence electrons. The Balaban J connectivity index is 1.66. The van der Waals surface area contributed by atoms with Crippen LogP contribution < -0.4 is 14.5 Å². The van der Waals surface area contributed by atoms with E-state index in [-0.39, 0.29) is 28.3 Å². The maximum atomic E-state index is 14.0. The van der Waals surface area contributed by atoms with Crippen molar-refractivity contribution in [2.45, 2.75) is 6.18 Å². The Bertz CT molecular complexity index is 1480. The Kier molecular flexibility index (Phi) is 7.39. The number of benzene rings is 2. The maximum Gasteiger partial charge on any atom is 0.451 e. The van der Waals surface area contributed by atoms with Crippen LogP contribution in [-0.2, 0) is 17.4 Å². The van der Waals surface area contributed by atoms with Gasteiger partial charge in [0.1, 0.15) is 11.6 Å². The van der Waals surface area contributed by atoms with E-state index in [9.17, 15) is 26.3 Å². The number of nitrogens with one attached hydrogen (secondary N) is 1. The van der Waals surface area contributed by atoms with Crippen LogP contribution >= 0.6 is 0 Å². The standard InChI is InChI=1S/C25H21F4N7O2S/c26-18-7-5-16(6-8-18)21-20(17-3-1-4-19(15-17)34-39(37)38)22(33-23(32-21)25(27,28)29)35-11-13-36(14-12-35)24-30-9-2-10-31-24/h1-10,15,34H,11-14H2,(H,37,38)/p-1. The largest absolute Gasteiger partial charge is 0.755 e. The molecule has 1 fully saturated rings. The summed E-state index contributed by atoms with van der Waals surface area (Å²) in [5.41, 5.74) is 0.994. The molecule has 0 aliphatic carbocycles. The lowest BCUT2D eigenvalue weighted by Gasteiger charge is -2.36. The zero-order valence-corrected chi connectivity index (χ0v) is 20.9. The predicted octanol–water partition coefficient (Wildman–Crippen LogP) is 4.29. The molecule has 0 amide bonds. The van der Waals surface area contributed by atoms with Gasteiger partial charge in [0.15, 0.2) is 0 Å². The van der Waals surface area contributed by atoms with Crippen LogP contribution in [0, 0.1) is 5.82 Å². The minimum absolute atomic E-state index is 0.0191. The van der Waals surface area contributed by atoms with Gasteiger partial charge in [-0.25, -0.2) is 24.3 Å². The first-order chi connectivity index (χ1) is 18.7.